The number of para-hydroxylation sites is 1. The fraction of sp³-hybridized carbons (Fsp3) is 0.286. The van der Waals surface area contributed by atoms with E-state index in [0.717, 1.165) is 16.5 Å². The van der Waals surface area contributed by atoms with Crippen molar-refractivity contribution in [3.8, 4) is 0 Å². The van der Waals surface area contributed by atoms with Gasteiger partial charge < -0.3 is 5.11 Å². The van der Waals surface area contributed by atoms with E-state index in [2.05, 4.69) is 18.8 Å². The van der Waals surface area contributed by atoms with Crippen LogP contribution in [-0.4, -0.2) is 16.1 Å². The molecular formula is C14H14ClNO2. The van der Waals surface area contributed by atoms with E-state index >= 15 is 0 Å². The summed E-state index contributed by atoms with van der Waals surface area (Å²) in [5.41, 5.74) is 2.53. The van der Waals surface area contributed by atoms with Crippen molar-refractivity contribution in [3.05, 3.63) is 40.5 Å². The number of nitrogens with zero attached hydrogens (tertiary/aromatic N) is 1. The third-order valence-electron chi connectivity index (χ3n) is 2.87. The van der Waals surface area contributed by atoms with E-state index in [1.807, 2.05) is 24.3 Å². The Morgan fingerprint density at radius 1 is 1.44 bits per heavy atom. The highest BCUT2D eigenvalue weighted by Gasteiger charge is 2.12. The maximum atomic E-state index is 10.7. The van der Waals surface area contributed by atoms with Crippen LogP contribution in [0.4, 0.5) is 0 Å². The van der Waals surface area contributed by atoms with Gasteiger partial charge in [-0.25, -0.2) is 4.98 Å². The first-order chi connectivity index (χ1) is 8.49. The van der Waals surface area contributed by atoms with Gasteiger partial charge in [-0.3, -0.25) is 4.79 Å². The predicted octanol–water partition coefficient (Wildman–Crippen LogP) is 3.64. The Labute approximate surface area is 110 Å². The molecule has 0 unspecified atom stereocenters. The molecule has 2 aromatic rings. The van der Waals surface area contributed by atoms with Crippen LogP contribution in [0.3, 0.4) is 0 Å². The molecule has 0 atom stereocenters. The molecule has 0 aliphatic carbocycles. The maximum absolute atomic E-state index is 10.7. The molecule has 0 bridgehead atoms. The van der Waals surface area contributed by atoms with E-state index < -0.39 is 5.97 Å². The highest BCUT2D eigenvalue weighted by atomic mass is 35.5. The second-order valence-electron chi connectivity index (χ2n) is 4.58. The molecule has 0 saturated carbocycles. The normalized spacial score (nSPS) is 11.1. The van der Waals surface area contributed by atoms with E-state index in [9.17, 15) is 4.79 Å². The number of aromatic nitrogens is 1. The van der Waals surface area contributed by atoms with E-state index in [0.29, 0.717) is 11.5 Å². The Kier molecular flexibility index (Phi) is 3.53. The van der Waals surface area contributed by atoms with E-state index in [1.54, 1.807) is 0 Å². The zero-order valence-corrected chi connectivity index (χ0v) is 11.0. The number of aliphatic carboxylic acids is 1. The summed E-state index contributed by atoms with van der Waals surface area (Å²) in [6, 6.07) is 7.71. The summed E-state index contributed by atoms with van der Waals surface area (Å²) >= 11 is 6.05. The van der Waals surface area contributed by atoms with Gasteiger partial charge >= 0.3 is 5.97 Å². The molecule has 18 heavy (non-hydrogen) atoms. The lowest BCUT2D eigenvalue weighted by atomic mass is 9.99. The van der Waals surface area contributed by atoms with Crippen molar-refractivity contribution in [2.75, 3.05) is 0 Å². The number of carbonyl (C=O) groups is 1. The Morgan fingerprint density at radius 3 is 2.78 bits per heavy atom. The topological polar surface area (TPSA) is 50.2 Å². The summed E-state index contributed by atoms with van der Waals surface area (Å²) in [7, 11) is 0. The summed E-state index contributed by atoms with van der Waals surface area (Å²) in [5.74, 6) is -0.555. The second-order valence-corrected chi connectivity index (χ2v) is 4.94. The lowest BCUT2D eigenvalue weighted by Crippen LogP contribution is -2.02. The van der Waals surface area contributed by atoms with Crippen LogP contribution in [0.15, 0.2) is 24.3 Å². The predicted molar refractivity (Wildman–Crippen MR) is 72.2 cm³/mol. The van der Waals surface area contributed by atoms with Crippen LogP contribution in [0.5, 0.6) is 0 Å². The minimum Gasteiger partial charge on any atom is -0.481 e. The van der Waals surface area contributed by atoms with Crippen molar-refractivity contribution in [1.82, 2.24) is 4.98 Å². The van der Waals surface area contributed by atoms with Gasteiger partial charge in [0.15, 0.2) is 0 Å². The lowest BCUT2D eigenvalue weighted by molar-refractivity contribution is -0.136. The van der Waals surface area contributed by atoms with Crippen molar-refractivity contribution in [2.24, 2.45) is 0 Å². The Balaban J connectivity index is 2.63. The van der Waals surface area contributed by atoms with Gasteiger partial charge in [0.1, 0.15) is 5.15 Å². The average molecular weight is 264 g/mol. The summed E-state index contributed by atoms with van der Waals surface area (Å²) < 4.78 is 0. The van der Waals surface area contributed by atoms with Crippen LogP contribution in [-0.2, 0) is 11.2 Å². The van der Waals surface area contributed by atoms with Crippen LogP contribution in [0.2, 0.25) is 5.15 Å². The SMILES string of the molecule is CC(C)c1cccc2cc(CC(=O)O)c(Cl)nc12. The van der Waals surface area contributed by atoms with Crippen molar-refractivity contribution in [2.45, 2.75) is 26.2 Å². The highest BCUT2D eigenvalue weighted by molar-refractivity contribution is 6.30. The molecule has 0 radical (unpaired) electrons. The first-order valence-electron chi connectivity index (χ1n) is 5.79. The van der Waals surface area contributed by atoms with Gasteiger partial charge in [0, 0.05) is 10.9 Å². The number of rotatable bonds is 3. The van der Waals surface area contributed by atoms with E-state index in [-0.39, 0.29) is 11.6 Å². The molecule has 0 saturated heterocycles. The van der Waals surface area contributed by atoms with Gasteiger partial charge in [-0.05, 0) is 17.5 Å². The highest BCUT2D eigenvalue weighted by Crippen LogP contribution is 2.27. The number of carboxylic acid groups (broad SMARTS) is 1. The first kappa shape index (κ1) is 12.8. The third kappa shape index (κ3) is 2.46. The van der Waals surface area contributed by atoms with Gasteiger partial charge in [0.25, 0.3) is 0 Å². The number of benzene rings is 1. The standard InChI is InChI=1S/C14H14ClNO2/c1-8(2)11-5-3-4-9-6-10(7-12(17)18)14(15)16-13(9)11/h3-6,8H,7H2,1-2H3,(H,17,18). The van der Waals surface area contributed by atoms with Gasteiger partial charge in [-0.15, -0.1) is 0 Å². The van der Waals surface area contributed by atoms with Crippen LogP contribution in [0.1, 0.15) is 30.9 Å². The molecule has 94 valence electrons. The Morgan fingerprint density at radius 2 is 2.17 bits per heavy atom. The maximum Gasteiger partial charge on any atom is 0.307 e. The number of fused-ring (bicyclic) bond motifs is 1. The molecule has 3 nitrogen and oxygen atoms in total. The molecule has 0 amide bonds. The molecular weight excluding hydrogens is 250 g/mol. The summed E-state index contributed by atoms with van der Waals surface area (Å²) in [6.07, 6.45) is -0.103. The monoisotopic (exact) mass is 263 g/mol. The minimum atomic E-state index is -0.905. The second kappa shape index (κ2) is 4.94. The quantitative estimate of drug-likeness (QED) is 0.860. The molecule has 0 fully saturated rings. The summed E-state index contributed by atoms with van der Waals surface area (Å²) in [4.78, 5) is 15.1. The van der Waals surface area contributed by atoms with Crippen LogP contribution in [0, 0.1) is 0 Å². The minimum absolute atomic E-state index is 0.103. The zero-order valence-electron chi connectivity index (χ0n) is 10.3. The molecule has 0 spiro atoms. The molecule has 1 aromatic heterocycles. The van der Waals surface area contributed by atoms with Crippen LogP contribution < -0.4 is 0 Å². The smallest absolute Gasteiger partial charge is 0.307 e. The van der Waals surface area contributed by atoms with E-state index in [1.165, 1.54) is 0 Å². The number of hydrogen-bond donors (Lipinski definition) is 1. The first-order valence-corrected chi connectivity index (χ1v) is 6.16. The lowest BCUT2D eigenvalue weighted by Gasteiger charge is -2.11. The van der Waals surface area contributed by atoms with Crippen molar-refractivity contribution in [3.63, 3.8) is 0 Å². The van der Waals surface area contributed by atoms with Crippen molar-refractivity contribution < 1.29 is 9.90 Å². The van der Waals surface area contributed by atoms with Crippen molar-refractivity contribution >= 4 is 28.5 Å². The fourth-order valence-corrected chi connectivity index (χ4v) is 2.20. The molecule has 0 aliphatic rings. The Bertz CT molecular complexity index is 608. The molecule has 1 heterocycles. The van der Waals surface area contributed by atoms with Crippen molar-refractivity contribution in [1.29, 1.82) is 0 Å². The third-order valence-corrected chi connectivity index (χ3v) is 3.19. The Hall–Kier alpha value is -1.61. The molecule has 1 N–H and O–H groups in total. The van der Waals surface area contributed by atoms with Gasteiger partial charge in [-0.1, -0.05) is 43.6 Å². The summed E-state index contributed by atoms with van der Waals surface area (Å²) in [6.45, 7) is 4.19. The largest absolute Gasteiger partial charge is 0.481 e. The van der Waals surface area contributed by atoms with Gasteiger partial charge in [0.05, 0.1) is 11.9 Å². The number of carboxylic acids is 1. The van der Waals surface area contributed by atoms with Gasteiger partial charge in [-0.2, -0.15) is 0 Å². The van der Waals surface area contributed by atoms with Crippen LogP contribution >= 0.6 is 11.6 Å². The molecule has 2 rings (SSSR count). The summed E-state index contributed by atoms with van der Waals surface area (Å²) in [5, 5.41) is 10.0. The number of hydrogen-bond acceptors (Lipinski definition) is 2. The average Bonchev–Trinajstić information content (AvgIpc) is 2.28. The zero-order chi connectivity index (χ0) is 13.3. The number of halogens is 1. The van der Waals surface area contributed by atoms with E-state index in [4.69, 9.17) is 16.7 Å². The van der Waals surface area contributed by atoms with Gasteiger partial charge in [0.2, 0.25) is 0 Å². The number of pyridine rings is 1. The fourth-order valence-electron chi connectivity index (χ4n) is 2.00. The molecule has 0 aliphatic heterocycles. The molecule has 1 aromatic carbocycles. The van der Waals surface area contributed by atoms with Crippen LogP contribution in [0.25, 0.3) is 10.9 Å². The molecule has 4 heteroatoms.